The summed E-state index contributed by atoms with van der Waals surface area (Å²) in [7, 11) is 0. The van der Waals surface area contributed by atoms with Gasteiger partial charge in [-0.05, 0) is 43.5 Å². The van der Waals surface area contributed by atoms with E-state index in [4.69, 9.17) is 19.6 Å². The van der Waals surface area contributed by atoms with Crippen LogP contribution in [-0.2, 0) is 9.47 Å². The van der Waals surface area contributed by atoms with Gasteiger partial charge < -0.3 is 19.6 Å². The number of rotatable bonds is 3. The van der Waals surface area contributed by atoms with Crippen LogP contribution in [0.15, 0.2) is 28.7 Å². The molecule has 1 aliphatic heterocycles. The normalized spacial score (nSPS) is 19.1. The molecule has 0 radical (unpaired) electrons. The Balaban J connectivity index is 1.65. The quantitative estimate of drug-likeness (QED) is 0.688. The molecule has 0 aliphatic carbocycles. The molecule has 0 amide bonds. The lowest BCUT2D eigenvalue weighted by Gasteiger charge is -2.21. The number of esters is 1. The third-order valence-corrected chi connectivity index (χ3v) is 3.42. The summed E-state index contributed by atoms with van der Waals surface area (Å²) in [5.41, 5.74) is 6.95. The number of nitrogens with two attached hydrogens (primary N) is 1. The molecule has 2 aromatic rings. The summed E-state index contributed by atoms with van der Waals surface area (Å²) in [5, 5.41) is 0.797. The number of benzene rings is 1. The van der Waals surface area contributed by atoms with Gasteiger partial charge in [0.1, 0.15) is 12.2 Å². The second-order valence-corrected chi connectivity index (χ2v) is 4.99. The summed E-state index contributed by atoms with van der Waals surface area (Å²) in [4.78, 5) is 11.9. The summed E-state index contributed by atoms with van der Waals surface area (Å²) in [6.45, 7) is 1.02. The molecular formula is C15H17NO4. The van der Waals surface area contributed by atoms with Gasteiger partial charge in [-0.3, -0.25) is 0 Å². The second kappa shape index (κ2) is 5.54. The molecule has 0 spiro atoms. The van der Waals surface area contributed by atoms with E-state index in [-0.39, 0.29) is 18.5 Å². The monoisotopic (exact) mass is 275 g/mol. The molecule has 1 unspecified atom stereocenters. The van der Waals surface area contributed by atoms with Gasteiger partial charge in [0.05, 0.1) is 6.10 Å². The van der Waals surface area contributed by atoms with Gasteiger partial charge in [-0.25, -0.2) is 4.79 Å². The van der Waals surface area contributed by atoms with E-state index in [1.807, 2.05) is 0 Å². The first-order valence-corrected chi connectivity index (χ1v) is 6.80. The van der Waals surface area contributed by atoms with Gasteiger partial charge in [0, 0.05) is 17.7 Å². The molecule has 0 saturated carbocycles. The van der Waals surface area contributed by atoms with Crippen molar-refractivity contribution in [1.29, 1.82) is 0 Å². The molecule has 0 bridgehead atoms. The van der Waals surface area contributed by atoms with Gasteiger partial charge in [-0.1, -0.05) is 0 Å². The fourth-order valence-corrected chi connectivity index (χ4v) is 2.34. The maximum Gasteiger partial charge on any atom is 0.374 e. The summed E-state index contributed by atoms with van der Waals surface area (Å²) in [6, 6.07) is 6.89. The van der Waals surface area contributed by atoms with Crippen LogP contribution < -0.4 is 5.73 Å². The molecule has 1 aliphatic rings. The molecule has 5 nitrogen and oxygen atoms in total. The lowest BCUT2D eigenvalue weighted by Crippen LogP contribution is -2.25. The molecular weight excluding hydrogens is 258 g/mol. The lowest BCUT2D eigenvalue weighted by molar-refractivity contribution is -0.0310. The van der Waals surface area contributed by atoms with Crippen molar-refractivity contribution in [2.75, 3.05) is 18.9 Å². The first-order chi connectivity index (χ1) is 9.72. The van der Waals surface area contributed by atoms with Crippen molar-refractivity contribution in [2.24, 2.45) is 0 Å². The highest BCUT2D eigenvalue weighted by molar-refractivity contribution is 5.93. The molecule has 2 heterocycles. The van der Waals surface area contributed by atoms with Crippen molar-refractivity contribution in [3.63, 3.8) is 0 Å². The first kappa shape index (κ1) is 13.0. The Morgan fingerprint density at radius 3 is 3.05 bits per heavy atom. The lowest BCUT2D eigenvalue weighted by atomic mass is 10.1. The van der Waals surface area contributed by atoms with Crippen LogP contribution in [0.4, 0.5) is 5.69 Å². The Morgan fingerprint density at radius 1 is 1.35 bits per heavy atom. The fraction of sp³-hybridized carbons (Fsp3) is 0.400. The van der Waals surface area contributed by atoms with Crippen LogP contribution in [0.1, 0.15) is 29.8 Å². The maximum absolute atomic E-state index is 11.9. The van der Waals surface area contributed by atoms with Crippen LogP contribution in [0.25, 0.3) is 11.0 Å². The predicted molar refractivity (Wildman–Crippen MR) is 74.5 cm³/mol. The highest BCUT2D eigenvalue weighted by Crippen LogP contribution is 2.22. The van der Waals surface area contributed by atoms with Crippen LogP contribution in [-0.4, -0.2) is 25.3 Å². The Morgan fingerprint density at radius 2 is 2.25 bits per heavy atom. The van der Waals surface area contributed by atoms with Gasteiger partial charge >= 0.3 is 5.97 Å². The minimum atomic E-state index is -0.464. The van der Waals surface area contributed by atoms with Crippen molar-refractivity contribution in [2.45, 2.75) is 25.4 Å². The van der Waals surface area contributed by atoms with Crippen LogP contribution in [0.2, 0.25) is 0 Å². The fourth-order valence-electron chi connectivity index (χ4n) is 2.34. The predicted octanol–water partition coefficient (Wildman–Crippen LogP) is 2.74. The second-order valence-electron chi connectivity index (χ2n) is 4.99. The van der Waals surface area contributed by atoms with Crippen molar-refractivity contribution in [3.8, 4) is 0 Å². The highest BCUT2D eigenvalue weighted by atomic mass is 16.6. The molecule has 106 valence electrons. The van der Waals surface area contributed by atoms with Crippen LogP contribution in [0, 0.1) is 0 Å². The number of carbonyl (C=O) groups excluding carboxylic acids is 1. The molecule has 20 heavy (non-hydrogen) atoms. The third kappa shape index (κ3) is 2.77. The van der Waals surface area contributed by atoms with Gasteiger partial charge in [-0.2, -0.15) is 0 Å². The number of furan rings is 1. The Labute approximate surface area is 116 Å². The van der Waals surface area contributed by atoms with Crippen molar-refractivity contribution in [3.05, 3.63) is 30.0 Å². The average molecular weight is 275 g/mol. The topological polar surface area (TPSA) is 74.7 Å². The summed E-state index contributed by atoms with van der Waals surface area (Å²) < 4.78 is 16.2. The van der Waals surface area contributed by atoms with Gasteiger partial charge in [0.2, 0.25) is 5.76 Å². The Kier molecular flexibility index (Phi) is 3.60. The number of ether oxygens (including phenoxy) is 2. The van der Waals surface area contributed by atoms with E-state index in [0.717, 1.165) is 31.3 Å². The molecule has 3 rings (SSSR count). The zero-order chi connectivity index (χ0) is 13.9. The minimum Gasteiger partial charge on any atom is -0.457 e. The summed E-state index contributed by atoms with van der Waals surface area (Å²) in [6.07, 6.45) is 3.14. The molecule has 1 aromatic carbocycles. The first-order valence-electron chi connectivity index (χ1n) is 6.80. The third-order valence-electron chi connectivity index (χ3n) is 3.42. The van der Waals surface area contributed by atoms with E-state index in [9.17, 15) is 4.79 Å². The molecule has 5 heteroatoms. The number of hydrogen-bond donors (Lipinski definition) is 1. The summed E-state index contributed by atoms with van der Waals surface area (Å²) in [5.74, 6) is -0.268. The van der Waals surface area contributed by atoms with Crippen LogP contribution in [0.3, 0.4) is 0 Å². The summed E-state index contributed by atoms with van der Waals surface area (Å²) >= 11 is 0. The highest BCUT2D eigenvalue weighted by Gasteiger charge is 2.19. The zero-order valence-electron chi connectivity index (χ0n) is 11.1. The van der Waals surface area contributed by atoms with Gasteiger partial charge in [0.25, 0.3) is 0 Å². The molecule has 1 atom stereocenters. The largest absolute Gasteiger partial charge is 0.457 e. The maximum atomic E-state index is 11.9. The molecule has 1 aromatic heterocycles. The minimum absolute atomic E-state index is 0.00715. The average Bonchev–Trinajstić information content (AvgIpc) is 2.89. The van der Waals surface area contributed by atoms with E-state index in [1.165, 1.54) is 0 Å². The van der Waals surface area contributed by atoms with E-state index in [0.29, 0.717) is 11.3 Å². The van der Waals surface area contributed by atoms with Crippen molar-refractivity contribution < 1.29 is 18.7 Å². The standard InChI is InChI=1S/C15H17NO4/c16-11-4-5-13-10(7-11)8-14(20-13)15(17)19-9-12-3-1-2-6-18-12/h4-5,7-8,12H,1-3,6,9,16H2. The molecule has 1 saturated heterocycles. The smallest absolute Gasteiger partial charge is 0.374 e. The van der Waals surface area contributed by atoms with E-state index in [1.54, 1.807) is 24.3 Å². The van der Waals surface area contributed by atoms with E-state index < -0.39 is 5.97 Å². The van der Waals surface area contributed by atoms with E-state index in [2.05, 4.69) is 0 Å². The zero-order valence-corrected chi connectivity index (χ0v) is 11.1. The number of carbonyl (C=O) groups is 1. The van der Waals surface area contributed by atoms with Gasteiger partial charge in [-0.15, -0.1) is 0 Å². The number of fused-ring (bicyclic) bond motifs is 1. The van der Waals surface area contributed by atoms with Crippen molar-refractivity contribution >= 4 is 22.6 Å². The van der Waals surface area contributed by atoms with Crippen LogP contribution in [0.5, 0.6) is 0 Å². The molecule has 1 fully saturated rings. The SMILES string of the molecule is Nc1ccc2oc(C(=O)OCC3CCCCO3)cc2c1. The number of hydrogen-bond acceptors (Lipinski definition) is 5. The van der Waals surface area contributed by atoms with Crippen molar-refractivity contribution in [1.82, 2.24) is 0 Å². The van der Waals surface area contributed by atoms with Gasteiger partial charge in [0.15, 0.2) is 0 Å². The number of anilines is 1. The Bertz CT molecular complexity index is 613. The Hall–Kier alpha value is -2.01. The number of nitrogen functional groups attached to an aromatic ring is 1. The van der Waals surface area contributed by atoms with Crippen LogP contribution >= 0.6 is 0 Å². The molecule has 2 N–H and O–H groups in total. The van der Waals surface area contributed by atoms with E-state index >= 15 is 0 Å².